The maximum atomic E-state index is 11.9. The van der Waals surface area contributed by atoms with Crippen LogP contribution in [0.5, 0.6) is 0 Å². The van der Waals surface area contributed by atoms with E-state index < -0.39 is 0 Å². The lowest BCUT2D eigenvalue weighted by Gasteiger charge is -2.08. The van der Waals surface area contributed by atoms with E-state index in [1.54, 1.807) is 30.5 Å². The Morgan fingerprint density at radius 1 is 1.26 bits per heavy atom. The summed E-state index contributed by atoms with van der Waals surface area (Å²) in [6.45, 7) is 1.93. The summed E-state index contributed by atoms with van der Waals surface area (Å²) < 4.78 is 0. The van der Waals surface area contributed by atoms with Gasteiger partial charge < -0.3 is 5.32 Å². The van der Waals surface area contributed by atoms with Crippen molar-refractivity contribution in [2.24, 2.45) is 0 Å². The Kier molecular flexibility index (Phi) is 4.40. The third-order valence-corrected chi connectivity index (χ3v) is 3.29. The Hall–Kier alpha value is -1.58. The van der Waals surface area contributed by atoms with Gasteiger partial charge in [-0.15, -0.1) is 0 Å². The van der Waals surface area contributed by atoms with Crippen LogP contribution in [-0.2, 0) is 11.2 Å². The Labute approximate surface area is 121 Å². The van der Waals surface area contributed by atoms with Gasteiger partial charge in [-0.25, -0.2) is 4.98 Å². The summed E-state index contributed by atoms with van der Waals surface area (Å²) in [7, 11) is 0. The van der Waals surface area contributed by atoms with Crippen LogP contribution in [0.25, 0.3) is 0 Å². The van der Waals surface area contributed by atoms with Crippen LogP contribution in [0.2, 0.25) is 10.0 Å². The van der Waals surface area contributed by atoms with E-state index in [1.165, 1.54) is 0 Å². The highest BCUT2D eigenvalue weighted by Crippen LogP contribution is 2.24. The van der Waals surface area contributed by atoms with Gasteiger partial charge >= 0.3 is 0 Å². The zero-order valence-corrected chi connectivity index (χ0v) is 11.8. The molecule has 5 heteroatoms. The molecule has 2 aromatic rings. The van der Waals surface area contributed by atoms with Crippen molar-refractivity contribution in [2.75, 3.05) is 5.32 Å². The number of nitrogens with one attached hydrogen (secondary N) is 1. The fourth-order valence-electron chi connectivity index (χ4n) is 1.65. The van der Waals surface area contributed by atoms with Crippen LogP contribution < -0.4 is 5.32 Å². The van der Waals surface area contributed by atoms with Gasteiger partial charge in [-0.2, -0.15) is 0 Å². The van der Waals surface area contributed by atoms with E-state index in [0.29, 0.717) is 21.4 Å². The van der Waals surface area contributed by atoms with E-state index in [0.717, 1.165) is 5.56 Å². The van der Waals surface area contributed by atoms with Crippen molar-refractivity contribution >= 4 is 34.9 Å². The number of benzene rings is 1. The average molecular weight is 295 g/mol. The summed E-state index contributed by atoms with van der Waals surface area (Å²) >= 11 is 12.0. The SMILES string of the molecule is Cc1ccnc(NC(=O)Cc2c(Cl)cccc2Cl)c1. The molecule has 1 aromatic carbocycles. The number of carbonyl (C=O) groups is 1. The number of nitrogens with zero attached hydrogens (tertiary/aromatic N) is 1. The minimum Gasteiger partial charge on any atom is -0.310 e. The molecule has 19 heavy (non-hydrogen) atoms. The van der Waals surface area contributed by atoms with Crippen molar-refractivity contribution in [1.82, 2.24) is 4.98 Å². The molecule has 0 aliphatic carbocycles. The van der Waals surface area contributed by atoms with Crippen molar-refractivity contribution in [3.63, 3.8) is 0 Å². The lowest BCUT2D eigenvalue weighted by Crippen LogP contribution is -2.15. The van der Waals surface area contributed by atoms with Crippen LogP contribution in [0, 0.1) is 6.92 Å². The predicted octanol–water partition coefficient (Wildman–Crippen LogP) is 3.88. The number of rotatable bonds is 3. The highest BCUT2D eigenvalue weighted by molar-refractivity contribution is 6.36. The van der Waals surface area contributed by atoms with Gasteiger partial charge in [0.2, 0.25) is 5.91 Å². The second-order valence-electron chi connectivity index (χ2n) is 4.14. The summed E-state index contributed by atoms with van der Waals surface area (Å²) in [5, 5.41) is 3.69. The minimum absolute atomic E-state index is 0.119. The number of carbonyl (C=O) groups excluding carboxylic acids is 1. The largest absolute Gasteiger partial charge is 0.310 e. The normalized spacial score (nSPS) is 10.3. The average Bonchev–Trinajstić information content (AvgIpc) is 2.34. The molecule has 0 saturated carbocycles. The molecule has 0 radical (unpaired) electrons. The molecule has 0 saturated heterocycles. The van der Waals surface area contributed by atoms with Crippen LogP contribution in [0.1, 0.15) is 11.1 Å². The maximum Gasteiger partial charge on any atom is 0.230 e. The molecule has 98 valence electrons. The van der Waals surface area contributed by atoms with Gasteiger partial charge in [0.1, 0.15) is 5.82 Å². The number of halogens is 2. The van der Waals surface area contributed by atoms with E-state index >= 15 is 0 Å². The summed E-state index contributed by atoms with van der Waals surface area (Å²) in [6, 6.07) is 8.82. The van der Waals surface area contributed by atoms with E-state index in [1.807, 2.05) is 13.0 Å². The first-order chi connectivity index (χ1) is 9.06. The predicted molar refractivity (Wildman–Crippen MR) is 77.8 cm³/mol. The summed E-state index contributed by atoms with van der Waals surface area (Å²) in [6.07, 6.45) is 1.77. The van der Waals surface area contributed by atoms with Gasteiger partial charge in [0.15, 0.2) is 0 Å². The van der Waals surface area contributed by atoms with Gasteiger partial charge in [0, 0.05) is 16.2 Å². The first kappa shape index (κ1) is 13.8. The lowest BCUT2D eigenvalue weighted by atomic mass is 10.1. The smallest absolute Gasteiger partial charge is 0.230 e. The van der Waals surface area contributed by atoms with Crippen LogP contribution in [0.3, 0.4) is 0 Å². The quantitative estimate of drug-likeness (QED) is 0.933. The van der Waals surface area contributed by atoms with Crippen molar-refractivity contribution < 1.29 is 4.79 Å². The second kappa shape index (κ2) is 6.04. The summed E-state index contributed by atoms with van der Waals surface area (Å²) in [4.78, 5) is 16.0. The van der Waals surface area contributed by atoms with Crippen molar-refractivity contribution in [3.8, 4) is 0 Å². The fraction of sp³-hybridized carbons (Fsp3) is 0.143. The number of amides is 1. The lowest BCUT2D eigenvalue weighted by molar-refractivity contribution is -0.115. The first-order valence-corrected chi connectivity index (χ1v) is 6.47. The van der Waals surface area contributed by atoms with Crippen molar-refractivity contribution in [3.05, 3.63) is 57.7 Å². The van der Waals surface area contributed by atoms with Gasteiger partial charge in [-0.05, 0) is 42.3 Å². The number of aryl methyl sites for hydroxylation is 1. The molecule has 0 aliphatic heterocycles. The molecule has 1 N–H and O–H groups in total. The molecular weight excluding hydrogens is 283 g/mol. The molecule has 1 heterocycles. The van der Waals surface area contributed by atoms with Crippen molar-refractivity contribution in [1.29, 1.82) is 0 Å². The summed E-state index contributed by atoms with van der Waals surface area (Å²) in [5.41, 5.74) is 1.65. The Morgan fingerprint density at radius 3 is 2.58 bits per heavy atom. The Morgan fingerprint density at radius 2 is 1.95 bits per heavy atom. The number of pyridine rings is 1. The monoisotopic (exact) mass is 294 g/mol. The highest BCUT2D eigenvalue weighted by Gasteiger charge is 2.11. The molecule has 0 atom stereocenters. The molecule has 0 unspecified atom stereocenters. The minimum atomic E-state index is -0.201. The molecule has 1 aromatic heterocycles. The first-order valence-electron chi connectivity index (χ1n) is 5.71. The third-order valence-electron chi connectivity index (χ3n) is 2.58. The Balaban J connectivity index is 2.10. The molecule has 3 nitrogen and oxygen atoms in total. The molecule has 0 spiro atoms. The molecule has 0 bridgehead atoms. The van der Waals surface area contributed by atoms with Crippen LogP contribution >= 0.6 is 23.2 Å². The van der Waals surface area contributed by atoms with E-state index in [4.69, 9.17) is 23.2 Å². The molecule has 1 amide bonds. The molecule has 2 rings (SSSR count). The van der Waals surface area contributed by atoms with Gasteiger partial charge in [0.05, 0.1) is 6.42 Å². The van der Waals surface area contributed by atoms with Crippen LogP contribution in [0.4, 0.5) is 5.82 Å². The number of hydrogen-bond acceptors (Lipinski definition) is 2. The zero-order valence-electron chi connectivity index (χ0n) is 10.3. The second-order valence-corrected chi connectivity index (χ2v) is 4.96. The fourth-order valence-corrected chi connectivity index (χ4v) is 2.18. The van der Waals surface area contributed by atoms with E-state index in [9.17, 15) is 4.79 Å². The number of aromatic nitrogens is 1. The van der Waals surface area contributed by atoms with Crippen LogP contribution in [0.15, 0.2) is 36.5 Å². The van der Waals surface area contributed by atoms with Crippen molar-refractivity contribution in [2.45, 2.75) is 13.3 Å². The molecule has 0 fully saturated rings. The topological polar surface area (TPSA) is 42.0 Å². The number of anilines is 1. The summed E-state index contributed by atoms with van der Waals surface area (Å²) in [5.74, 6) is 0.321. The zero-order chi connectivity index (χ0) is 13.8. The highest BCUT2D eigenvalue weighted by atomic mass is 35.5. The van der Waals surface area contributed by atoms with Gasteiger partial charge in [-0.3, -0.25) is 4.79 Å². The van der Waals surface area contributed by atoms with Crippen LogP contribution in [-0.4, -0.2) is 10.9 Å². The van der Waals surface area contributed by atoms with Gasteiger partial charge in [0.25, 0.3) is 0 Å². The third kappa shape index (κ3) is 3.69. The maximum absolute atomic E-state index is 11.9. The molecular formula is C14H12Cl2N2O. The van der Waals surface area contributed by atoms with Gasteiger partial charge in [-0.1, -0.05) is 29.3 Å². The number of hydrogen-bond donors (Lipinski definition) is 1. The molecule has 0 aliphatic rings. The Bertz CT molecular complexity index is 594. The van der Waals surface area contributed by atoms with E-state index in [2.05, 4.69) is 10.3 Å². The van der Waals surface area contributed by atoms with E-state index in [-0.39, 0.29) is 12.3 Å². The standard InChI is InChI=1S/C14H12Cl2N2O/c1-9-5-6-17-13(7-9)18-14(19)8-10-11(15)3-2-4-12(10)16/h2-7H,8H2,1H3,(H,17,18,19).